The molecule has 0 unspecified atom stereocenters. The monoisotopic (exact) mass is 306 g/mol. The maximum absolute atomic E-state index is 6.11. The molecule has 1 aromatic carbocycles. The highest BCUT2D eigenvalue weighted by Gasteiger charge is 2.13. The van der Waals surface area contributed by atoms with Crippen LogP contribution in [0.25, 0.3) is 10.6 Å². The fraction of sp³-hybridized carbons (Fsp3) is 0.273. The Morgan fingerprint density at radius 3 is 2.47 bits per heavy atom. The normalized spacial score (nSPS) is 10.8. The highest BCUT2D eigenvalue weighted by atomic mass is 35.5. The molecule has 0 aliphatic heterocycles. The molecule has 2 rings (SSSR count). The Labute approximate surface area is 119 Å². The van der Waals surface area contributed by atoms with E-state index in [2.05, 4.69) is 10.2 Å². The molecule has 0 N–H and O–H groups in total. The lowest BCUT2D eigenvalue weighted by atomic mass is 10.2. The molecule has 1 heterocycles. The number of aromatic nitrogens is 2. The van der Waals surface area contributed by atoms with E-state index in [9.17, 15) is 0 Å². The van der Waals surface area contributed by atoms with Gasteiger partial charge in [-0.05, 0) is 18.6 Å². The Balaban J connectivity index is 2.30. The van der Waals surface area contributed by atoms with Crippen molar-refractivity contribution in [1.82, 2.24) is 10.2 Å². The molecule has 2 aromatic rings. The Hall–Kier alpha value is -0.350. The molecule has 6 heteroatoms. The predicted molar refractivity (Wildman–Crippen MR) is 74.4 cm³/mol. The van der Waals surface area contributed by atoms with Crippen molar-refractivity contribution >= 4 is 46.1 Å². The van der Waals surface area contributed by atoms with E-state index in [0.717, 1.165) is 28.4 Å². The highest BCUT2D eigenvalue weighted by molar-refractivity contribution is 7.14. The Morgan fingerprint density at radius 2 is 1.82 bits per heavy atom. The van der Waals surface area contributed by atoms with Gasteiger partial charge in [-0.3, -0.25) is 0 Å². The molecule has 0 aliphatic carbocycles. The summed E-state index contributed by atoms with van der Waals surface area (Å²) >= 11 is 19.4. The second kappa shape index (κ2) is 6.01. The Kier molecular flexibility index (Phi) is 4.62. The number of nitrogens with zero attached hydrogens (tertiary/aromatic N) is 2. The van der Waals surface area contributed by atoms with E-state index < -0.39 is 0 Å². The zero-order chi connectivity index (χ0) is 12.3. The Bertz CT molecular complexity index is 493. The smallest absolute Gasteiger partial charge is 0.143 e. The number of alkyl halides is 1. The molecular weight excluding hydrogens is 299 g/mol. The minimum absolute atomic E-state index is 0.595. The van der Waals surface area contributed by atoms with E-state index in [4.69, 9.17) is 34.8 Å². The summed E-state index contributed by atoms with van der Waals surface area (Å²) in [6.07, 6.45) is 1.73. The molecule has 0 aliphatic rings. The van der Waals surface area contributed by atoms with Gasteiger partial charge in [0.2, 0.25) is 0 Å². The number of aryl methyl sites for hydroxylation is 1. The molecule has 2 nitrogen and oxygen atoms in total. The summed E-state index contributed by atoms with van der Waals surface area (Å²) in [6, 6.07) is 5.40. The van der Waals surface area contributed by atoms with Crippen LogP contribution in [0.4, 0.5) is 0 Å². The van der Waals surface area contributed by atoms with Crippen LogP contribution in [0.15, 0.2) is 18.2 Å². The molecule has 0 spiro atoms. The molecule has 0 bridgehead atoms. The standard InChI is InChI=1S/C11H9Cl3N2S/c12-6-2-5-9-15-16-11(17-9)10-7(13)3-1-4-8(10)14/h1,3-4H,2,5-6H2. The number of hydrogen-bond donors (Lipinski definition) is 0. The van der Waals surface area contributed by atoms with E-state index in [1.165, 1.54) is 11.3 Å². The average molecular weight is 308 g/mol. The fourth-order valence-corrected chi connectivity index (χ4v) is 3.15. The van der Waals surface area contributed by atoms with Crippen molar-refractivity contribution in [3.05, 3.63) is 33.3 Å². The van der Waals surface area contributed by atoms with Crippen LogP contribution in [0.1, 0.15) is 11.4 Å². The predicted octanol–water partition coefficient (Wildman–Crippen LogP) is 4.68. The van der Waals surface area contributed by atoms with Crippen molar-refractivity contribution < 1.29 is 0 Å². The number of hydrogen-bond acceptors (Lipinski definition) is 3. The van der Waals surface area contributed by atoms with E-state index >= 15 is 0 Å². The first-order chi connectivity index (χ1) is 8.22. The van der Waals surface area contributed by atoms with Gasteiger partial charge < -0.3 is 0 Å². The number of benzene rings is 1. The topological polar surface area (TPSA) is 25.8 Å². The maximum atomic E-state index is 6.11. The lowest BCUT2D eigenvalue weighted by Crippen LogP contribution is -1.84. The molecule has 0 saturated carbocycles. The van der Waals surface area contributed by atoms with Crippen molar-refractivity contribution in [2.24, 2.45) is 0 Å². The molecule has 0 atom stereocenters. The van der Waals surface area contributed by atoms with E-state index in [-0.39, 0.29) is 0 Å². The third-order valence-electron chi connectivity index (χ3n) is 2.17. The minimum atomic E-state index is 0.595. The summed E-state index contributed by atoms with van der Waals surface area (Å²) in [5, 5.41) is 11.1. The molecule has 90 valence electrons. The lowest BCUT2D eigenvalue weighted by molar-refractivity contribution is 0.884. The van der Waals surface area contributed by atoms with Crippen LogP contribution in [0.5, 0.6) is 0 Å². The van der Waals surface area contributed by atoms with Gasteiger partial charge in [-0.2, -0.15) is 0 Å². The van der Waals surface area contributed by atoms with Gasteiger partial charge in [0.05, 0.1) is 10.0 Å². The van der Waals surface area contributed by atoms with Crippen molar-refractivity contribution in [1.29, 1.82) is 0 Å². The SMILES string of the molecule is ClCCCc1nnc(-c2c(Cl)cccc2Cl)s1. The van der Waals surface area contributed by atoms with Gasteiger partial charge in [0.25, 0.3) is 0 Å². The number of rotatable bonds is 4. The first kappa shape index (κ1) is 13.1. The second-order valence-corrected chi connectivity index (χ2v) is 5.64. The van der Waals surface area contributed by atoms with Crippen LogP contribution in [-0.2, 0) is 6.42 Å². The van der Waals surface area contributed by atoms with Crippen molar-refractivity contribution in [2.45, 2.75) is 12.8 Å². The van der Waals surface area contributed by atoms with Crippen molar-refractivity contribution in [2.75, 3.05) is 5.88 Å². The summed E-state index contributed by atoms with van der Waals surface area (Å²) in [4.78, 5) is 0. The maximum Gasteiger partial charge on any atom is 0.150 e. The van der Waals surface area contributed by atoms with Crippen LogP contribution in [-0.4, -0.2) is 16.1 Å². The first-order valence-electron chi connectivity index (χ1n) is 5.05. The lowest BCUT2D eigenvalue weighted by Gasteiger charge is -2.01. The van der Waals surface area contributed by atoms with Gasteiger partial charge in [-0.25, -0.2) is 0 Å². The van der Waals surface area contributed by atoms with Crippen LogP contribution in [0.3, 0.4) is 0 Å². The molecule has 17 heavy (non-hydrogen) atoms. The first-order valence-corrected chi connectivity index (χ1v) is 7.16. The van der Waals surface area contributed by atoms with Crippen molar-refractivity contribution in [3.63, 3.8) is 0 Å². The van der Waals surface area contributed by atoms with Crippen molar-refractivity contribution in [3.8, 4) is 10.6 Å². The molecule has 0 radical (unpaired) electrons. The average Bonchev–Trinajstić information content (AvgIpc) is 2.75. The zero-order valence-corrected chi connectivity index (χ0v) is 11.9. The number of halogens is 3. The van der Waals surface area contributed by atoms with Gasteiger partial charge >= 0.3 is 0 Å². The summed E-state index contributed by atoms with van der Waals surface area (Å²) in [5.41, 5.74) is 0.755. The summed E-state index contributed by atoms with van der Waals surface area (Å²) < 4.78 is 0. The quantitative estimate of drug-likeness (QED) is 0.766. The van der Waals surface area contributed by atoms with Crippen LogP contribution in [0, 0.1) is 0 Å². The molecule has 0 amide bonds. The van der Waals surface area contributed by atoms with Crippen LogP contribution >= 0.6 is 46.1 Å². The molecular formula is C11H9Cl3N2S. The fourth-order valence-electron chi connectivity index (χ4n) is 1.38. The molecule has 0 fully saturated rings. The summed E-state index contributed by atoms with van der Waals surface area (Å²) in [6.45, 7) is 0. The van der Waals surface area contributed by atoms with Gasteiger partial charge in [-0.1, -0.05) is 40.6 Å². The largest absolute Gasteiger partial charge is 0.150 e. The summed E-state index contributed by atoms with van der Waals surface area (Å²) in [7, 11) is 0. The zero-order valence-electron chi connectivity index (χ0n) is 8.79. The van der Waals surface area contributed by atoms with Gasteiger partial charge in [-0.15, -0.1) is 21.8 Å². The summed E-state index contributed by atoms with van der Waals surface area (Å²) in [5.74, 6) is 0.627. The highest BCUT2D eigenvalue weighted by Crippen LogP contribution is 2.36. The van der Waals surface area contributed by atoms with E-state index in [0.29, 0.717) is 15.9 Å². The molecule has 0 saturated heterocycles. The third-order valence-corrected chi connectivity index (χ3v) is 4.07. The van der Waals surface area contributed by atoms with E-state index in [1.807, 2.05) is 6.07 Å². The Morgan fingerprint density at radius 1 is 1.12 bits per heavy atom. The molecule has 1 aromatic heterocycles. The van der Waals surface area contributed by atoms with Crippen LogP contribution in [0.2, 0.25) is 10.0 Å². The minimum Gasteiger partial charge on any atom is -0.143 e. The van der Waals surface area contributed by atoms with Gasteiger partial charge in [0.1, 0.15) is 5.01 Å². The van der Waals surface area contributed by atoms with Gasteiger partial charge in [0.15, 0.2) is 5.01 Å². The third kappa shape index (κ3) is 3.10. The van der Waals surface area contributed by atoms with E-state index in [1.54, 1.807) is 12.1 Å². The van der Waals surface area contributed by atoms with Crippen LogP contribution < -0.4 is 0 Å². The second-order valence-electron chi connectivity index (χ2n) is 3.39. The van der Waals surface area contributed by atoms with Gasteiger partial charge in [0, 0.05) is 17.9 Å².